The second-order valence-corrected chi connectivity index (χ2v) is 1.02. The summed E-state index contributed by atoms with van der Waals surface area (Å²) in [5.74, 6) is -1.04. The van der Waals surface area contributed by atoms with Crippen molar-refractivity contribution in [2.75, 3.05) is 6.54 Å². The minimum atomic E-state index is -1.04. The van der Waals surface area contributed by atoms with Crippen molar-refractivity contribution in [1.82, 2.24) is 0 Å². The van der Waals surface area contributed by atoms with Crippen LogP contribution in [0.15, 0.2) is 4.99 Å². The van der Waals surface area contributed by atoms with Crippen LogP contribution in [-0.4, -0.2) is 30.9 Å². The number of carboxylic acid groups (broad SMARTS) is 1. The number of hydrogen-bond acceptors (Lipinski definition) is 3. The molecule has 42 valence electrons. The summed E-state index contributed by atoms with van der Waals surface area (Å²) >= 11 is 0. The Morgan fingerprint density at radius 3 is 2.88 bits per heavy atom. The molecule has 0 bridgehead atoms. The van der Waals surface area contributed by atoms with Gasteiger partial charge in [0.15, 0.2) is 0 Å². The van der Waals surface area contributed by atoms with Gasteiger partial charge in [-0.3, -0.25) is 0 Å². The summed E-state index contributed by atoms with van der Waals surface area (Å²) in [6.07, 6.45) is 0.911. The third-order valence-corrected chi connectivity index (χ3v) is 0.393. The van der Waals surface area contributed by atoms with Gasteiger partial charge in [0, 0.05) is 0 Å². The Hall–Kier alpha value is -0.995. The Bertz CT molecular complexity index is 122. The standard InChI is InChI=1S/C3H4BNO3/c6-3(7)1-5-2-4-8/h2H,1H2,(H,6,7)/b5-2-. The molecule has 0 radical (unpaired) electrons. The number of nitrogens with zero attached hydrogens (tertiary/aromatic N) is 1. The van der Waals surface area contributed by atoms with Gasteiger partial charge in [0.05, 0.1) is 0 Å². The Labute approximate surface area is 46.5 Å². The van der Waals surface area contributed by atoms with E-state index in [9.17, 15) is 9.50 Å². The van der Waals surface area contributed by atoms with Gasteiger partial charge in [0.1, 0.15) is 0 Å². The molecule has 0 aromatic heterocycles. The van der Waals surface area contributed by atoms with Crippen molar-refractivity contribution in [3.05, 3.63) is 0 Å². The van der Waals surface area contributed by atoms with Crippen LogP contribution < -0.4 is 0 Å². The average Bonchev–Trinajstić information content (AvgIpc) is 1.66. The number of carbonyl (C=O) groups is 1. The zero-order chi connectivity index (χ0) is 6.41. The molecule has 8 heavy (non-hydrogen) atoms. The zero-order valence-corrected chi connectivity index (χ0v) is 4.07. The molecule has 0 aromatic rings. The van der Waals surface area contributed by atoms with Crippen molar-refractivity contribution in [2.24, 2.45) is 4.99 Å². The molecule has 0 rings (SSSR count). The van der Waals surface area contributed by atoms with Crippen molar-refractivity contribution in [3.63, 3.8) is 0 Å². The van der Waals surface area contributed by atoms with E-state index in [2.05, 4.69) is 4.99 Å². The van der Waals surface area contributed by atoms with Crippen LogP contribution in [0.1, 0.15) is 0 Å². The van der Waals surface area contributed by atoms with E-state index in [0.29, 0.717) is 7.15 Å². The normalized spacial score (nSPS) is 9.00. The molecule has 0 atom stereocenters. The number of carboxylic acids is 1. The first-order valence-electron chi connectivity index (χ1n) is 1.92. The van der Waals surface area contributed by atoms with Gasteiger partial charge >= 0.3 is 45.4 Å². The molecule has 0 amide bonds. The molecule has 4 nitrogen and oxygen atoms in total. The van der Waals surface area contributed by atoms with Crippen LogP contribution >= 0.6 is 0 Å². The Morgan fingerprint density at radius 1 is 1.88 bits per heavy atom. The van der Waals surface area contributed by atoms with E-state index < -0.39 is 5.97 Å². The van der Waals surface area contributed by atoms with Gasteiger partial charge < -0.3 is 0 Å². The van der Waals surface area contributed by atoms with Crippen molar-refractivity contribution in [3.8, 4) is 0 Å². The van der Waals surface area contributed by atoms with Crippen LogP contribution in [-0.2, 0) is 9.50 Å². The summed E-state index contributed by atoms with van der Waals surface area (Å²) < 4.78 is 9.44. The van der Waals surface area contributed by atoms with Gasteiger partial charge in [-0.1, -0.05) is 0 Å². The maximum absolute atomic E-state index is 9.64. The van der Waals surface area contributed by atoms with Gasteiger partial charge in [0.25, 0.3) is 0 Å². The predicted molar refractivity (Wildman–Crippen MR) is 27.4 cm³/mol. The fourth-order valence-corrected chi connectivity index (χ4v) is 0.174. The Kier molecular flexibility index (Phi) is 3.65. The molecule has 1 N–H and O–H groups in total. The molecule has 5 heteroatoms. The topological polar surface area (TPSA) is 66.7 Å². The summed E-state index contributed by atoms with van der Waals surface area (Å²) in [5, 5.41) is 7.91. The fraction of sp³-hybridized carbons (Fsp3) is 0.333. The van der Waals surface area contributed by atoms with Gasteiger partial charge in [-0.25, -0.2) is 0 Å². The third kappa shape index (κ3) is 5.00. The first kappa shape index (κ1) is 7.00. The maximum atomic E-state index is 9.64. The first-order valence-corrected chi connectivity index (χ1v) is 1.92. The molecule has 0 aliphatic rings. The molecule has 0 aromatic carbocycles. The zero-order valence-electron chi connectivity index (χ0n) is 4.07. The number of aliphatic carboxylic acids is 1. The van der Waals surface area contributed by atoms with Gasteiger partial charge in [-0.15, -0.1) is 0 Å². The van der Waals surface area contributed by atoms with Gasteiger partial charge in [-0.2, -0.15) is 0 Å². The molecule has 0 aliphatic carbocycles. The van der Waals surface area contributed by atoms with Gasteiger partial charge in [-0.05, 0) is 0 Å². The number of rotatable bonds is 3. The quantitative estimate of drug-likeness (QED) is 0.382. The van der Waals surface area contributed by atoms with E-state index in [4.69, 9.17) is 5.11 Å². The molecule has 0 saturated carbocycles. The average molecular weight is 113 g/mol. The van der Waals surface area contributed by atoms with Gasteiger partial charge in [0.2, 0.25) is 0 Å². The molecule has 0 spiro atoms. The van der Waals surface area contributed by atoms with Crippen LogP contribution in [0.5, 0.6) is 0 Å². The molecule has 0 aliphatic heterocycles. The molecule has 0 saturated heterocycles. The van der Waals surface area contributed by atoms with Crippen molar-refractivity contribution < 1.29 is 14.6 Å². The van der Waals surface area contributed by atoms with E-state index in [1.807, 2.05) is 0 Å². The summed E-state index contributed by atoms with van der Waals surface area (Å²) in [4.78, 5) is 12.8. The molecule has 0 heterocycles. The van der Waals surface area contributed by atoms with Crippen molar-refractivity contribution >= 4 is 19.2 Å². The minimum absolute atomic E-state index is 0.335. The fourth-order valence-electron chi connectivity index (χ4n) is 0.174. The predicted octanol–water partition coefficient (Wildman–Crippen LogP) is -0.851. The van der Waals surface area contributed by atoms with Crippen LogP contribution in [0.2, 0.25) is 0 Å². The van der Waals surface area contributed by atoms with E-state index in [-0.39, 0.29) is 6.54 Å². The Balaban J connectivity index is 3.29. The van der Waals surface area contributed by atoms with Crippen LogP contribution in [0.3, 0.4) is 0 Å². The summed E-state index contributed by atoms with van der Waals surface area (Å²) in [6, 6.07) is 0. The van der Waals surface area contributed by atoms with Crippen LogP contribution in [0, 0.1) is 0 Å². The van der Waals surface area contributed by atoms with Crippen molar-refractivity contribution in [1.29, 1.82) is 0 Å². The van der Waals surface area contributed by atoms with Crippen LogP contribution in [0.4, 0.5) is 0 Å². The molecule has 0 unspecified atom stereocenters. The first-order chi connectivity index (χ1) is 3.77. The molecule has 0 fully saturated rings. The van der Waals surface area contributed by atoms with E-state index in [0.717, 1.165) is 6.11 Å². The second kappa shape index (κ2) is 4.17. The van der Waals surface area contributed by atoms with Crippen LogP contribution in [0.25, 0.3) is 0 Å². The second-order valence-electron chi connectivity index (χ2n) is 1.02. The van der Waals surface area contributed by atoms with Crippen molar-refractivity contribution in [2.45, 2.75) is 0 Å². The number of hydrogen-bond donors (Lipinski definition) is 1. The Morgan fingerprint density at radius 2 is 2.50 bits per heavy atom. The third-order valence-electron chi connectivity index (χ3n) is 0.393. The monoisotopic (exact) mass is 113 g/mol. The number of aliphatic imine (C=N–C) groups is 1. The summed E-state index contributed by atoms with van der Waals surface area (Å²) in [6.45, 7) is -0.335. The molecular formula is C3H4BNO3. The summed E-state index contributed by atoms with van der Waals surface area (Å²) in [7, 11) is 0.433. The van der Waals surface area contributed by atoms with E-state index in [1.165, 1.54) is 0 Å². The SMILES string of the molecule is O=B/C=N\CC(=O)O. The molecular weight excluding hydrogens is 109 g/mol. The summed E-state index contributed by atoms with van der Waals surface area (Å²) in [5.41, 5.74) is 0. The van der Waals surface area contributed by atoms with E-state index in [1.54, 1.807) is 0 Å². The van der Waals surface area contributed by atoms with E-state index >= 15 is 0 Å².